The van der Waals surface area contributed by atoms with E-state index in [1.807, 2.05) is 73.7 Å². The Bertz CT molecular complexity index is 1240. The van der Waals surface area contributed by atoms with Crippen LogP contribution in [0.4, 0.5) is 21.3 Å². The molecule has 0 saturated carbocycles. The fourth-order valence-corrected chi connectivity index (χ4v) is 4.01. The van der Waals surface area contributed by atoms with Crippen LogP contribution in [0.15, 0.2) is 66.7 Å². The summed E-state index contributed by atoms with van der Waals surface area (Å²) in [7, 11) is 0. The van der Waals surface area contributed by atoms with Crippen LogP contribution < -0.4 is 16.0 Å². The predicted molar refractivity (Wildman–Crippen MR) is 123 cm³/mol. The molecule has 4 rings (SSSR count). The predicted octanol–water partition coefficient (Wildman–Crippen LogP) is 5.81. The molecule has 150 valence electrons. The van der Waals surface area contributed by atoms with Gasteiger partial charge in [-0.25, -0.2) is 9.78 Å². The number of carbonyl (C=O) groups is 2. The van der Waals surface area contributed by atoms with E-state index in [-0.39, 0.29) is 5.91 Å². The van der Waals surface area contributed by atoms with Crippen LogP contribution in [0.25, 0.3) is 10.8 Å². The summed E-state index contributed by atoms with van der Waals surface area (Å²) in [5.41, 5.74) is 3.03. The lowest BCUT2D eigenvalue weighted by atomic mass is 10.1. The molecule has 0 fully saturated rings. The standard InChI is InChI=1S/C23H20N4O2S/c1-14-7-5-10-17(13-14)25-22(29)27-23-24-15(2)20(30-23)21(28)26-19-12-6-9-16-8-3-4-11-18(16)19/h3-13H,1-2H3,(H,26,28)(H2,24,25,27,29). The quantitative estimate of drug-likeness (QED) is 0.393. The van der Waals surface area contributed by atoms with Crippen molar-refractivity contribution in [1.82, 2.24) is 4.98 Å². The van der Waals surface area contributed by atoms with Crippen LogP contribution in [0.1, 0.15) is 20.9 Å². The minimum absolute atomic E-state index is 0.256. The van der Waals surface area contributed by atoms with Crippen LogP contribution >= 0.6 is 11.3 Å². The molecule has 0 bridgehead atoms. The van der Waals surface area contributed by atoms with E-state index in [4.69, 9.17) is 0 Å². The summed E-state index contributed by atoms with van der Waals surface area (Å²) in [6.07, 6.45) is 0. The van der Waals surface area contributed by atoms with Crippen molar-refractivity contribution in [3.05, 3.63) is 82.9 Å². The van der Waals surface area contributed by atoms with Gasteiger partial charge in [0.2, 0.25) is 0 Å². The average Bonchev–Trinajstić information content (AvgIpc) is 3.08. The van der Waals surface area contributed by atoms with E-state index in [2.05, 4.69) is 20.9 Å². The molecule has 30 heavy (non-hydrogen) atoms. The zero-order valence-corrected chi connectivity index (χ0v) is 17.3. The van der Waals surface area contributed by atoms with Gasteiger partial charge in [0.15, 0.2) is 5.13 Å². The third-order valence-corrected chi connectivity index (χ3v) is 5.61. The smallest absolute Gasteiger partial charge is 0.321 e. The number of anilines is 3. The van der Waals surface area contributed by atoms with Crippen molar-refractivity contribution in [2.45, 2.75) is 13.8 Å². The molecule has 3 amide bonds. The first-order valence-electron chi connectivity index (χ1n) is 9.41. The Morgan fingerprint density at radius 1 is 0.867 bits per heavy atom. The van der Waals surface area contributed by atoms with E-state index in [1.165, 1.54) is 0 Å². The van der Waals surface area contributed by atoms with Gasteiger partial charge in [0.05, 0.1) is 5.69 Å². The zero-order valence-electron chi connectivity index (χ0n) is 16.5. The summed E-state index contributed by atoms with van der Waals surface area (Å²) >= 11 is 1.14. The van der Waals surface area contributed by atoms with E-state index in [0.29, 0.717) is 21.4 Å². The van der Waals surface area contributed by atoms with Crippen LogP contribution in [0.2, 0.25) is 0 Å². The van der Waals surface area contributed by atoms with E-state index < -0.39 is 6.03 Å². The van der Waals surface area contributed by atoms with Gasteiger partial charge in [-0.05, 0) is 43.0 Å². The summed E-state index contributed by atoms with van der Waals surface area (Å²) in [5.74, 6) is -0.256. The minimum atomic E-state index is -0.407. The van der Waals surface area contributed by atoms with Crippen LogP contribution in [-0.4, -0.2) is 16.9 Å². The summed E-state index contributed by atoms with van der Waals surface area (Å²) < 4.78 is 0. The summed E-state index contributed by atoms with van der Waals surface area (Å²) in [4.78, 5) is 29.9. The van der Waals surface area contributed by atoms with Crippen molar-refractivity contribution in [1.29, 1.82) is 0 Å². The molecule has 0 spiro atoms. The second kappa shape index (κ2) is 8.34. The van der Waals surface area contributed by atoms with Gasteiger partial charge < -0.3 is 10.6 Å². The normalized spacial score (nSPS) is 10.6. The van der Waals surface area contributed by atoms with Crippen molar-refractivity contribution >= 4 is 50.6 Å². The van der Waals surface area contributed by atoms with Crippen LogP contribution in [0.5, 0.6) is 0 Å². The lowest BCUT2D eigenvalue weighted by Crippen LogP contribution is -2.19. The molecule has 3 aromatic carbocycles. The monoisotopic (exact) mass is 416 g/mol. The molecule has 0 aliphatic carbocycles. The minimum Gasteiger partial charge on any atom is -0.321 e. The number of fused-ring (bicyclic) bond motifs is 1. The molecule has 4 aromatic rings. The van der Waals surface area contributed by atoms with Gasteiger partial charge in [-0.1, -0.05) is 59.9 Å². The van der Waals surface area contributed by atoms with Crippen molar-refractivity contribution in [3.63, 3.8) is 0 Å². The molecule has 0 radical (unpaired) electrons. The topological polar surface area (TPSA) is 83.1 Å². The lowest BCUT2D eigenvalue weighted by Gasteiger charge is -2.08. The van der Waals surface area contributed by atoms with Crippen LogP contribution in [-0.2, 0) is 0 Å². The van der Waals surface area contributed by atoms with E-state index in [1.54, 1.807) is 6.92 Å². The molecular weight excluding hydrogens is 396 g/mol. The van der Waals surface area contributed by atoms with Crippen LogP contribution in [0, 0.1) is 13.8 Å². The Morgan fingerprint density at radius 3 is 2.47 bits per heavy atom. The van der Waals surface area contributed by atoms with Crippen molar-refractivity contribution in [2.24, 2.45) is 0 Å². The fourth-order valence-electron chi connectivity index (χ4n) is 3.16. The molecule has 0 unspecified atom stereocenters. The highest BCUT2D eigenvalue weighted by molar-refractivity contribution is 7.17. The highest BCUT2D eigenvalue weighted by atomic mass is 32.1. The van der Waals surface area contributed by atoms with Crippen molar-refractivity contribution in [2.75, 3.05) is 16.0 Å². The first-order chi connectivity index (χ1) is 14.5. The van der Waals surface area contributed by atoms with Gasteiger partial charge in [-0.15, -0.1) is 0 Å². The van der Waals surface area contributed by atoms with Gasteiger partial charge in [-0.2, -0.15) is 0 Å². The molecule has 0 aliphatic rings. The zero-order chi connectivity index (χ0) is 21.1. The van der Waals surface area contributed by atoms with Gasteiger partial charge >= 0.3 is 6.03 Å². The second-order valence-corrected chi connectivity index (χ2v) is 7.86. The van der Waals surface area contributed by atoms with Crippen molar-refractivity contribution < 1.29 is 9.59 Å². The SMILES string of the molecule is Cc1cccc(NC(=O)Nc2nc(C)c(C(=O)Nc3cccc4ccccc34)s2)c1. The highest BCUT2D eigenvalue weighted by Gasteiger charge is 2.17. The summed E-state index contributed by atoms with van der Waals surface area (Å²) in [6.45, 7) is 3.70. The Kier molecular flexibility index (Phi) is 5.45. The van der Waals surface area contributed by atoms with Crippen molar-refractivity contribution in [3.8, 4) is 0 Å². The molecule has 3 N–H and O–H groups in total. The van der Waals surface area contributed by atoms with Gasteiger partial charge in [-0.3, -0.25) is 10.1 Å². The summed E-state index contributed by atoms with van der Waals surface area (Å²) in [5, 5.41) is 10.8. The molecule has 7 heteroatoms. The Labute approximate surface area is 178 Å². The average molecular weight is 417 g/mol. The number of aromatic nitrogens is 1. The number of aryl methyl sites for hydroxylation is 2. The molecule has 1 aromatic heterocycles. The molecule has 6 nitrogen and oxygen atoms in total. The number of amides is 3. The van der Waals surface area contributed by atoms with E-state index in [9.17, 15) is 9.59 Å². The number of benzene rings is 3. The Morgan fingerprint density at radius 2 is 1.63 bits per heavy atom. The Hall–Kier alpha value is -3.71. The number of thiazole rings is 1. The molecule has 0 aliphatic heterocycles. The highest BCUT2D eigenvalue weighted by Crippen LogP contribution is 2.27. The van der Waals surface area contributed by atoms with Gasteiger partial charge in [0.25, 0.3) is 5.91 Å². The third-order valence-electron chi connectivity index (χ3n) is 4.54. The Balaban J connectivity index is 1.48. The lowest BCUT2D eigenvalue weighted by molar-refractivity contribution is 0.103. The maximum atomic E-state index is 12.8. The molecule has 0 atom stereocenters. The maximum absolute atomic E-state index is 12.8. The largest absolute Gasteiger partial charge is 0.325 e. The second-order valence-electron chi connectivity index (χ2n) is 6.86. The van der Waals surface area contributed by atoms with Crippen LogP contribution in [0.3, 0.4) is 0 Å². The third kappa shape index (κ3) is 4.31. The van der Waals surface area contributed by atoms with Gasteiger partial charge in [0, 0.05) is 16.8 Å². The maximum Gasteiger partial charge on any atom is 0.325 e. The molecule has 1 heterocycles. The number of urea groups is 1. The van der Waals surface area contributed by atoms with Gasteiger partial charge in [0.1, 0.15) is 4.88 Å². The number of hydrogen-bond acceptors (Lipinski definition) is 4. The fraction of sp³-hybridized carbons (Fsp3) is 0.0870. The summed E-state index contributed by atoms with van der Waals surface area (Å²) in [6, 6.07) is 20.7. The number of rotatable bonds is 4. The molecule has 0 saturated heterocycles. The first kappa shape index (κ1) is 19.6. The van der Waals surface area contributed by atoms with E-state index >= 15 is 0 Å². The molecular formula is C23H20N4O2S. The number of hydrogen-bond donors (Lipinski definition) is 3. The number of nitrogens with zero attached hydrogens (tertiary/aromatic N) is 1. The van der Waals surface area contributed by atoms with E-state index in [0.717, 1.165) is 33.4 Å². The number of nitrogens with one attached hydrogen (secondary N) is 3. The number of carbonyl (C=O) groups excluding carboxylic acids is 2. The first-order valence-corrected chi connectivity index (χ1v) is 10.2.